The Kier molecular flexibility index (Phi) is 9.65. The monoisotopic (exact) mass is 581 g/mol. The second kappa shape index (κ2) is 13.1. The van der Waals surface area contributed by atoms with Gasteiger partial charge in [-0.05, 0) is 67.8 Å². The molecule has 0 fully saturated rings. The average molecular weight is 582 g/mol. The molecule has 1 aromatic carbocycles. The second-order valence-corrected chi connectivity index (χ2v) is 11.8. The van der Waals surface area contributed by atoms with Crippen LogP contribution in [0.2, 0.25) is 0 Å². The number of carbonyl (C=O) groups is 4. The number of aliphatic carboxylic acids is 1. The smallest absolute Gasteiger partial charge is 0.303 e. The Labute approximate surface area is 239 Å². The Hall–Kier alpha value is -3.63. The van der Waals surface area contributed by atoms with Crippen molar-refractivity contribution in [3.8, 4) is 11.5 Å². The van der Waals surface area contributed by atoms with Crippen molar-refractivity contribution in [3.63, 3.8) is 0 Å². The van der Waals surface area contributed by atoms with Crippen LogP contribution in [-0.2, 0) is 22.4 Å². The number of hydrogen-bond donors (Lipinski definition) is 1. The zero-order valence-corrected chi connectivity index (χ0v) is 24.3. The van der Waals surface area contributed by atoms with Gasteiger partial charge < -0.3 is 19.4 Å². The van der Waals surface area contributed by atoms with E-state index in [1.54, 1.807) is 20.3 Å². The third kappa shape index (κ3) is 7.11. The molecule has 3 heterocycles. The molecule has 1 N–H and O–H groups in total. The normalized spacial score (nSPS) is 11.2. The van der Waals surface area contributed by atoms with E-state index in [0.29, 0.717) is 21.9 Å². The van der Waals surface area contributed by atoms with Gasteiger partial charge >= 0.3 is 5.97 Å². The Morgan fingerprint density at radius 2 is 1.40 bits per heavy atom. The van der Waals surface area contributed by atoms with E-state index in [9.17, 15) is 19.2 Å². The van der Waals surface area contributed by atoms with Gasteiger partial charge in [-0.3, -0.25) is 14.4 Å². The summed E-state index contributed by atoms with van der Waals surface area (Å²) in [5, 5.41) is 9.81. The third-order valence-corrected chi connectivity index (χ3v) is 8.86. The number of aromatic nitrogens is 1. The highest BCUT2D eigenvalue weighted by atomic mass is 32.1. The number of Topliss-reactive ketones (excluding diaryl/α,β-unsaturated/α-hetero) is 3. The van der Waals surface area contributed by atoms with Gasteiger partial charge in [0.2, 0.25) is 0 Å². The molecule has 4 aromatic rings. The van der Waals surface area contributed by atoms with E-state index in [1.807, 2.05) is 24.3 Å². The fourth-order valence-electron chi connectivity index (χ4n) is 4.48. The van der Waals surface area contributed by atoms with Crippen molar-refractivity contribution in [3.05, 3.63) is 51.3 Å². The number of ether oxygens (including phenoxy) is 2. The molecule has 0 aliphatic rings. The number of thiophene rings is 2. The minimum atomic E-state index is -0.984. The molecule has 0 saturated carbocycles. The molecule has 8 nitrogen and oxygen atoms in total. The minimum absolute atomic E-state index is 0.00256. The molecular formula is C30H31NO7S2. The highest BCUT2D eigenvalue weighted by Crippen LogP contribution is 2.34. The van der Waals surface area contributed by atoms with Gasteiger partial charge in [-0.1, -0.05) is 0 Å². The quantitative estimate of drug-likeness (QED) is 0.122. The minimum Gasteiger partial charge on any atom is -0.496 e. The summed E-state index contributed by atoms with van der Waals surface area (Å²) in [6.07, 6.45) is 3.45. The summed E-state index contributed by atoms with van der Waals surface area (Å²) in [4.78, 5) is 52.9. The maximum Gasteiger partial charge on any atom is 0.303 e. The number of carboxylic acids is 1. The first kappa shape index (κ1) is 29.4. The van der Waals surface area contributed by atoms with Crippen LogP contribution < -0.4 is 9.47 Å². The summed E-state index contributed by atoms with van der Waals surface area (Å²) in [6, 6.07) is 9.53. The summed E-state index contributed by atoms with van der Waals surface area (Å²) in [5.41, 5.74) is 2.63. The van der Waals surface area contributed by atoms with Gasteiger partial charge in [0.15, 0.2) is 11.6 Å². The predicted octanol–water partition coefficient (Wildman–Crippen LogP) is 6.69. The molecule has 40 heavy (non-hydrogen) atoms. The molecular weight excluding hydrogens is 550 g/mol. The first-order chi connectivity index (χ1) is 19.2. The van der Waals surface area contributed by atoms with Crippen LogP contribution in [0.1, 0.15) is 76.0 Å². The summed E-state index contributed by atoms with van der Waals surface area (Å²) >= 11 is 2.72. The van der Waals surface area contributed by atoms with Crippen LogP contribution >= 0.6 is 22.7 Å². The van der Waals surface area contributed by atoms with E-state index in [4.69, 9.17) is 19.6 Å². The topological polar surface area (TPSA) is 120 Å². The number of ketones is 3. The molecule has 0 saturated heterocycles. The number of aryl methyl sites for hydroxylation is 2. The van der Waals surface area contributed by atoms with Crippen molar-refractivity contribution in [2.75, 3.05) is 14.2 Å². The zero-order valence-electron chi connectivity index (χ0n) is 22.7. The fraction of sp³-hybridized carbons (Fsp3) is 0.367. The molecule has 3 aromatic heterocycles. The number of carboxylic acid groups (broad SMARTS) is 1. The van der Waals surface area contributed by atoms with Crippen molar-refractivity contribution in [2.45, 2.75) is 58.3 Å². The number of carbonyl (C=O) groups excluding carboxylic acids is 3. The van der Waals surface area contributed by atoms with E-state index in [-0.39, 0.29) is 43.0 Å². The molecule has 210 valence electrons. The third-order valence-electron chi connectivity index (χ3n) is 6.61. The van der Waals surface area contributed by atoms with Crippen LogP contribution in [0.25, 0.3) is 20.3 Å². The highest BCUT2D eigenvalue weighted by molar-refractivity contribution is 7.21. The molecule has 0 unspecified atom stereocenters. The molecule has 10 heteroatoms. The van der Waals surface area contributed by atoms with Crippen LogP contribution in [-0.4, -0.2) is 47.6 Å². The van der Waals surface area contributed by atoms with E-state index in [2.05, 4.69) is 0 Å². The van der Waals surface area contributed by atoms with E-state index in [0.717, 1.165) is 56.6 Å². The molecule has 4 rings (SSSR count). The van der Waals surface area contributed by atoms with Crippen LogP contribution in [0.3, 0.4) is 0 Å². The van der Waals surface area contributed by atoms with Gasteiger partial charge in [0, 0.05) is 30.0 Å². The molecule has 0 bridgehead atoms. The SMILES string of the molecule is COc1cc2sc(C(=O)CCC(=O)O)cc2cc1CCCCc1nc2cc(C(=O)CCC(C)=O)sc2cc1OC. The van der Waals surface area contributed by atoms with Gasteiger partial charge in [-0.15, -0.1) is 22.7 Å². The first-order valence-corrected chi connectivity index (χ1v) is 14.7. The number of nitrogens with zero attached hydrogens (tertiary/aromatic N) is 1. The summed E-state index contributed by atoms with van der Waals surface area (Å²) < 4.78 is 13.0. The van der Waals surface area contributed by atoms with Crippen LogP contribution in [0.15, 0.2) is 30.3 Å². The lowest BCUT2D eigenvalue weighted by molar-refractivity contribution is -0.137. The van der Waals surface area contributed by atoms with Crippen molar-refractivity contribution < 1.29 is 33.8 Å². The lowest BCUT2D eigenvalue weighted by Crippen LogP contribution is -2.01. The standard InChI is InChI=1S/C30H31NO7S2/c1-17(32)8-9-22(33)29-14-21-27(40-29)16-25(38-3)20(31-21)7-5-4-6-18-12-19-13-28(23(34)10-11-30(35)36)39-26(19)15-24(18)37-2/h12-16H,4-11H2,1-3H3,(H,35,36). The number of rotatable bonds is 15. The van der Waals surface area contributed by atoms with E-state index < -0.39 is 5.97 Å². The Bertz CT molecular complexity index is 1470. The van der Waals surface area contributed by atoms with Gasteiger partial charge in [-0.25, -0.2) is 4.98 Å². The van der Waals surface area contributed by atoms with Gasteiger partial charge in [0.1, 0.15) is 17.3 Å². The van der Waals surface area contributed by atoms with Gasteiger partial charge in [0.25, 0.3) is 0 Å². The number of methoxy groups -OCH3 is 2. The van der Waals surface area contributed by atoms with Crippen molar-refractivity contribution in [1.82, 2.24) is 4.98 Å². The molecule has 0 amide bonds. The molecule has 0 aliphatic heterocycles. The Morgan fingerprint density at radius 1 is 0.775 bits per heavy atom. The number of benzene rings is 1. The molecule has 0 radical (unpaired) electrons. The summed E-state index contributed by atoms with van der Waals surface area (Å²) in [7, 11) is 3.24. The van der Waals surface area contributed by atoms with Crippen molar-refractivity contribution >= 4 is 66.3 Å². The van der Waals surface area contributed by atoms with Crippen molar-refractivity contribution in [1.29, 1.82) is 0 Å². The largest absolute Gasteiger partial charge is 0.496 e. The number of fused-ring (bicyclic) bond motifs is 2. The molecule has 0 aliphatic carbocycles. The van der Waals surface area contributed by atoms with Gasteiger partial charge in [-0.2, -0.15) is 0 Å². The Morgan fingerprint density at radius 3 is 2.08 bits per heavy atom. The second-order valence-electron chi connectivity index (χ2n) is 9.59. The van der Waals surface area contributed by atoms with E-state index in [1.165, 1.54) is 29.6 Å². The van der Waals surface area contributed by atoms with Crippen LogP contribution in [0.5, 0.6) is 11.5 Å². The van der Waals surface area contributed by atoms with Crippen LogP contribution in [0.4, 0.5) is 0 Å². The summed E-state index contributed by atoms with van der Waals surface area (Å²) in [5.74, 6) is 0.248. The van der Waals surface area contributed by atoms with Crippen molar-refractivity contribution in [2.24, 2.45) is 0 Å². The molecule has 0 spiro atoms. The number of hydrogen-bond acceptors (Lipinski definition) is 9. The lowest BCUT2D eigenvalue weighted by atomic mass is 10.0. The maximum atomic E-state index is 12.5. The fourth-order valence-corrected chi connectivity index (χ4v) is 6.52. The van der Waals surface area contributed by atoms with Gasteiger partial charge in [0.05, 0.1) is 46.3 Å². The Balaban J connectivity index is 1.42. The summed E-state index contributed by atoms with van der Waals surface area (Å²) in [6.45, 7) is 1.48. The van der Waals surface area contributed by atoms with E-state index >= 15 is 0 Å². The van der Waals surface area contributed by atoms with Crippen LogP contribution in [0, 0.1) is 0 Å². The number of pyridine rings is 1. The highest BCUT2D eigenvalue weighted by Gasteiger charge is 2.17. The molecule has 0 atom stereocenters. The first-order valence-electron chi connectivity index (χ1n) is 13.0. The maximum absolute atomic E-state index is 12.5. The predicted molar refractivity (Wildman–Crippen MR) is 157 cm³/mol. The zero-order chi connectivity index (χ0) is 28.8. The lowest BCUT2D eigenvalue weighted by Gasteiger charge is -2.10. The number of unbranched alkanes of at least 4 members (excludes halogenated alkanes) is 1. The average Bonchev–Trinajstić information content (AvgIpc) is 3.55.